The summed E-state index contributed by atoms with van der Waals surface area (Å²) >= 11 is 0. The van der Waals surface area contributed by atoms with Gasteiger partial charge in [-0.2, -0.15) is 0 Å². The molecular weight excluding hydrogens is 158 g/mol. The van der Waals surface area contributed by atoms with E-state index in [9.17, 15) is 0 Å². The lowest BCUT2D eigenvalue weighted by Crippen LogP contribution is -2.37. The van der Waals surface area contributed by atoms with Crippen LogP contribution in [0.25, 0.3) is 0 Å². The Morgan fingerprint density at radius 2 is 2.00 bits per heavy atom. The smallest absolute Gasteiger partial charge is 0.0334 e. The van der Waals surface area contributed by atoms with Crippen molar-refractivity contribution < 1.29 is 0 Å². The molecule has 0 bridgehead atoms. The first-order chi connectivity index (χ1) is 5.94. The van der Waals surface area contributed by atoms with Gasteiger partial charge in [-0.05, 0) is 34.2 Å². The molecular formula is C12H23N. The van der Waals surface area contributed by atoms with Gasteiger partial charge in [0.05, 0.1) is 0 Å². The van der Waals surface area contributed by atoms with Crippen molar-refractivity contribution in [1.82, 2.24) is 5.32 Å². The van der Waals surface area contributed by atoms with Crippen molar-refractivity contribution in [3.05, 3.63) is 23.8 Å². The van der Waals surface area contributed by atoms with Crippen LogP contribution in [-0.4, -0.2) is 12.6 Å². The third kappa shape index (κ3) is 4.28. The van der Waals surface area contributed by atoms with Gasteiger partial charge in [0.2, 0.25) is 0 Å². The first-order valence-electron chi connectivity index (χ1n) is 4.99. The minimum absolute atomic E-state index is 0.0800. The normalized spacial score (nSPS) is 13.2. The first-order valence-corrected chi connectivity index (χ1v) is 4.99. The van der Waals surface area contributed by atoms with Crippen molar-refractivity contribution in [2.45, 2.75) is 46.1 Å². The molecule has 0 aliphatic rings. The molecule has 1 N–H and O–H groups in total. The highest BCUT2D eigenvalue weighted by molar-refractivity contribution is 5.25. The Morgan fingerprint density at radius 1 is 1.46 bits per heavy atom. The van der Waals surface area contributed by atoms with E-state index in [2.05, 4.69) is 45.7 Å². The maximum Gasteiger partial charge on any atom is 0.0334 e. The third-order valence-corrected chi connectivity index (χ3v) is 2.60. The monoisotopic (exact) mass is 181 g/mol. The number of allylic oxidation sites excluding steroid dienone is 2. The molecule has 76 valence electrons. The largest absolute Gasteiger partial charge is 0.311 e. The topological polar surface area (TPSA) is 12.0 Å². The Balaban J connectivity index is 4.39. The van der Waals surface area contributed by atoms with E-state index in [1.807, 2.05) is 7.05 Å². The van der Waals surface area contributed by atoms with Crippen LogP contribution in [0.4, 0.5) is 0 Å². The average Bonchev–Trinajstić information content (AvgIpc) is 2.04. The van der Waals surface area contributed by atoms with Crippen LogP contribution in [0.15, 0.2) is 23.8 Å². The molecule has 0 aliphatic heterocycles. The Labute approximate surface area is 82.9 Å². The Kier molecular flexibility index (Phi) is 5.01. The van der Waals surface area contributed by atoms with E-state index in [-0.39, 0.29) is 5.54 Å². The van der Waals surface area contributed by atoms with Crippen LogP contribution < -0.4 is 5.32 Å². The highest BCUT2D eigenvalue weighted by Gasteiger charge is 2.16. The van der Waals surface area contributed by atoms with E-state index in [4.69, 9.17) is 0 Å². The van der Waals surface area contributed by atoms with Crippen molar-refractivity contribution in [1.29, 1.82) is 0 Å². The van der Waals surface area contributed by atoms with E-state index >= 15 is 0 Å². The van der Waals surface area contributed by atoms with Gasteiger partial charge in [0.1, 0.15) is 0 Å². The molecule has 0 spiro atoms. The van der Waals surface area contributed by atoms with Crippen LogP contribution >= 0.6 is 0 Å². The van der Waals surface area contributed by atoms with Crippen molar-refractivity contribution >= 4 is 0 Å². The number of hydrogen-bond donors (Lipinski definition) is 1. The van der Waals surface area contributed by atoms with Gasteiger partial charge in [-0.15, -0.1) is 0 Å². The summed E-state index contributed by atoms with van der Waals surface area (Å²) in [5.74, 6) is 0. The third-order valence-electron chi connectivity index (χ3n) is 2.60. The van der Waals surface area contributed by atoms with E-state index < -0.39 is 0 Å². The number of nitrogens with one attached hydrogen (secondary N) is 1. The highest BCUT2D eigenvalue weighted by Crippen LogP contribution is 2.17. The van der Waals surface area contributed by atoms with Crippen molar-refractivity contribution in [2.24, 2.45) is 0 Å². The summed E-state index contributed by atoms with van der Waals surface area (Å²) in [6.07, 6.45) is 4.46. The summed E-state index contributed by atoms with van der Waals surface area (Å²) in [4.78, 5) is 0. The van der Waals surface area contributed by atoms with Gasteiger partial charge in [-0.3, -0.25) is 0 Å². The molecule has 0 unspecified atom stereocenters. The van der Waals surface area contributed by atoms with Crippen molar-refractivity contribution in [3.8, 4) is 0 Å². The molecule has 0 aromatic carbocycles. The summed E-state index contributed by atoms with van der Waals surface area (Å²) in [7, 11) is 1.99. The van der Waals surface area contributed by atoms with Crippen LogP contribution in [-0.2, 0) is 0 Å². The predicted molar refractivity (Wildman–Crippen MR) is 60.9 cm³/mol. The maximum absolute atomic E-state index is 4.03. The Bertz CT molecular complexity index is 199. The summed E-state index contributed by atoms with van der Waals surface area (Å²) in [5, 5.41) is 3.28. The van der Waals surface area contributed by atoms with Crippen LogP contribution in [0, 0.1) is 0 Å². The van der Waals surface area contributed by atoms with Crippen molar-refractivity contribution in [3.63, 3.8) is 0 Å². The van der Waals surface area contributed by atoms with E-state index in [1.165, 1.54) is 17.6 Å². The summed E-state index contributed by atoms with van der Waals surface area (Å²) in [5.41, 5.74) is 2.65. The lowest BCUT2D eigenvalue weighted by molar-refractivity contribution is 0.496. The zero-order valence-electron chi connectivity index (χ0n) is 9.70. The van der Waals surface area contributed by atoms with E-state index in [1.54, 1.807) is 0 Å². The summed E-state index contributed by atoms with van der Waals surface area (Å²) in [6.45, 7) is 12.7. The molecule has 0 heterocycles. The van der Waals surface area contributed by atoms with Crippen LogP contribution in [0.5, 0.6) is 0 Å². The maximum atomic E-state index is 4.03. The lowest BCUT2D eigenvalue weighted by Gasteiger charge is -2.25. The van der Waals surface area contributed by atoms with E-state index in [0.29, 0.717) is 0 Å². The van der Waals surface area contributed by atoms with Gasteiger partial charge < -0.3 is 5.32 Å². The minimum Gasteiger partial charge on any atom is -0.311 e. The van der Waals surface area contributed by atoms with Gasteiger partial charge in [0.25, 0.3) is 0 Å². The molecule has 0 aromatic rings. The highest BCUT2D eigenvalue weighted by atomic mass is 14.9. The molecule has 0 aliphatic carbocycles. The molecule has 0 saturated carbocycles. The van der Waals surface area contributed by atoms with Crippen LogP contribution in [0.3, 0.4) is 0 Å². The zero-order valence-corrected chi connectivity index (χ0v) is 9.70. The summed E-state index contributed by atoms with van der Waals surface area (Å²) in [6, 6.07) is 0. The second-order valence-electron chi connectivity index (χ2n) is 4.11. The number of likely N-dealkylation sites (N-methyl/N-ethyl adjacent to an activating group) is 1. The predicted octanol–water partition coefficient (Wildman–Crippen LogP) is 3.29. The van der Waals surface area contributed by atoms with Gasteiger partial charge in [0.15, 0.2) is 0 Å². The Morgan fingerprint density at radius 3 is 2.38 bits per heavy atom. The van der Waals surface area contributed by atoms with Gasteiger partial charge in [0, 0.05) is 5.54 Å². The molecule has 0 amide bonds. The molecule has 1 heteroatoms. The Hall–Kier alpha value is -0.560. The second-order valence-corrected chi connectivity index (χ2v) is 4.11. The van der Waals surface area contributed by atoms with Crippen LogP contribution in [0.1, 0.15) is 40.5 Å². The minimum atomic E-state index is 0.0800. The van der Waals surface area contributed by atoms with Crippen molar-refractivity contribution in [2.75, 3.05) is 7.05 Å². The van der Waals surface area contributed by atoms with Crippen LogP contribution in [0.2, 0.25) is 0 Å². The average molecular weight is 181 g/mol. The van der Waals surface area contributed by atoms with Gasteiger partial charge in [-0.1, -0.05) is 37.1 Å². The molecule has 0 saturated heterocycles. The standard InChI is InChI=1S/C12H23N/c1-7-8-10(2)9-11(3)12(4,5)13-6/h9,13H,2,7-8H2,1,3-6H3/b11-9+. The molecule has 0 radical (unpaired) electrons. The number of rotatable bonds is 5. The summed E-state index contributed by atoms with van der Waals surface area (Å²) < 4.78 is 0. The zero-order chi connectivity index (χ0) is 10.5. The first kappa shape index (κ1) is 12.4. The lowest BCUT2D eigenvalue weighted by atomic mass is 9.93. The molecule has 13 heavy (non-hydrogen) atoms. The van der Waals surface area contributed by atoms with Gasteiger partial charge in [-0.25, -0.2) is 0 Å². The molecule has 1 nitrogen and oxygen atoms in total. The quantitative estimate of drug-likeness (QED) is 0.642. The molecule has 0 rings (SSSR count). The van der Waals surface area contributed by atoms with Gasteiger partial charge >= 0.3 is 0 Å². The fourth-order valence-corrected chi connectivity index (χ4v) is 1.08. The fraction of sp³-hybridized carbons (Fsp3) is 0.667. The SMILES string of the molecule is C=C(/C=C(\C)C(C)(C)NC)CCC. The number of hydrogen-bond acceptors (Lipinski definition) is 1. The molecule has 0 aromatic heterocycles. The fourth-order valence-electron chi connectivity index (χ4n) is 1.08. The molecule has 0 fully saturated rings. The second kappa shape index (κ2) is 5.23. The molecule has 0 atom stereocenters. The van der Waals surface area contributed by atoms with E-state index in [0.717, 1.165) is 6.42 Å².